The minimum Gasteiger partial charge on any atom is -0.493 e. The van der Waals surface area contributed by atoms with E-state index in [2.05, 4.69) is 17.1 Å². The predicted molar refractivity (Wildman–Crippen MR) is 119 cm³/mol. The minimum absolute atomic E-state index is 0.00686. The molecule has 0 bridgehead atoms. The van der Waals surface area contributed by atoms with Gasteiger partial charge in [-0.2, -0.15) is 0 Å². The number of unbranched alkanes of at least 4 members (excludes halogenated alkanes) is 5. The van der Waals surface area contributed by atoms with Crippen molar-refractivity contribution in [2.24, 2.45) is 0 Å². The molecule has 29 heavy (non-hydrogen) atoms. The number of nitrogens with one attached hydrogen (secondary N) is 1. The summed E-state index contributed by atoms with van der Waals surface area (Å²) in [4.78, 5) is 15.1. The number of nitrogens with two attached hydrogens (primary N) is 1. The summed E-state index contributed by atoms with van der Waals surface area (Å²) in [5, 5.41) is 3.30. The smallest absolute Gasteiger partial charge is 0.255 e. The maximum absolute atomic E-state index is 12.7. The van der Waals surface area contributed by atoms with E-state index in [4.69, 9.17) is 26.8 Å². The maximum Gasteiger partial charge on any atom is 0.255 e. The lowest BCUT2D eigenvalue weighted by Gasteiger charge is -2.33. The zero-order chi connectivity index (χ0) is 21.1. The Hall–Kier alpha value is -1.50. The highest BCUT2D eigenvalue weighted by Gasteiger charge is 2.22. The van der Waals surface area contributed by atoms with E-state index in [-0.39, 0.29) is 12.0 Å². The van der Waals surface area contributed by atoms with Gasteiger partial charge < -0.3 is 20.5 Å². The fraction of sp³-hybridized carbons (Fsp3) is 0.682. The zero-order valence-electron chi connectivity index (χ0n) is 17.8. The maximum atomic E-state index is 12.7. The van der Waals surface area contributed by atoms with Crippen LogP contribution in [0.3, 0.4) is 0 Å². The highest BCUT2D eigenvalue weighted by Crippen LogP contribution is 2.29. The van der Waals surface area contributed by atoms with Crippen LogP contribution in [-0.4, -0.2) is 56.3 Å². The molecule has 0 aromatic heterocycles. The van der Waals surface area contributed by atoms with Crippen molar-refractivity contribution in [2.75, 3.05) is 45.1 Å². The van der Waals surface area contributed by atoms with Crippen molar-refractivity contribution in [3.63, 3.8) is 0 Å². The Labute approximate surface area is 180 Å². The largest absolute Gasteiger partial charge is 0.493 e. The highest BCUT2D eigenvalue weighted by atomic mass is 35.5. The molecule has 0 saturated carbocycles. The molecule has 0 radical (unpaired) electrons. The summed E-state index contributed by atoms with van der Waals surface area (Å²) in [6, 6.07) is 3.16. The van der Waals surface area contributed by atoms with Crippen molar-refractivity contribution >= 4 is 23.2 Å². The van der Waals surface area contributed by atoms with Crippen LogP contribution < -0.4 is 15.8 Å². The Morgan fingerprint density at radius 2 is 2.03 bits per heavy atom. The summed E-state index contributed by atoms with van der Waals surface area (Å²) >= 11 is 6.09. The SMILES string of the molecule is CCCCCCCCN1CCOC(CNC(=O)c2cc(Cl)c(N)cc2OCC)C1. The first kappa shape index (κ1) is 23.8. The van der Waals surface area contributed by atoms with Crippen LogP contribution in [-0.2, 0) is 4.74 Å². The molecule has 1 unspecified atom stereocenters. The monoisotopic (exact) mass is 425 g/mol. The van der Waals surface area contributed by atoms with E-state index in [1.165, 1.54) is 38.5 Å². The zero-order valence-corrected chi connectivity index (χ0v) is 18.6. The van der Waals surface area contributed by atoms with E-state index in [9.17, 15) is 4.79 Å². The molecule has 1 amide bonds. The lowest BCUT2D eigenvalue weighted by molar-refractivity contribution is -0.0268. The molecule has 0 aliphatic carbocycles. The van der Waals surface area contributed by atoms with E-state index in [0.717, 1.165) is 19.6 Å². The molecule has 1 aliphatic rings. The van der Waals surface area contributed by atoms with Crippen LogP contribution in [0.1, 0.15) is 62.7 Å². The van der Waals surface area contributed by atoms with Crippen LogP contribution in [0.15, 0.2) is 12.1 Å². The third kappa shape index (κ3) is 8.03. The minimum atomic E-state index is -0.230. The third-order valence-electron chi connectivity index (χ3n) is 5.18. The van der Waals surface area contributed by atoms with Gasteiger partial charge in [-0.25, -0.2) is 0 Å². The van der Waals surface area contributed by atoms with Crippen molar-refractivity contribution in [3.8, 4) is 5.75 Å². The van der Waals surface area contributed by atoms with Gasteiger partial charge in [-0.15, -0.1) is 0 Å². The number of carbonyl (C=O) groups is 1. The number of anilines is 1. The first-order valence-corrected chi connectivity index (χ1v) is 11.3. The molecule has 1 heterocycles. The van der Waals surface area contributed by atoms with Crippen LogP contribution in [0, 0.1) is 0 Å². The quantitative estimate of drug-likeness (QED) is 0.389. The highest BCUT2D eigenvalue weighted by molar-refractivity contribution is 6.33. The molecule has 164 valence electrons. The number of hydrogen-bond acceptors (Lipinski definition) is 5. The van der Waals surface area contributed by atoms with Crippen molar-refractivity contribution in [1.82, 2.24) is 10.2 Å². The number of ether oxygens (including phenoxy) is 2. The second-order valence-electron chi connectivity index (χ2n) is 7.57. The Kier molecular flexibility index (Phi) is 10.6. The number of benzene rings is 1. The van der Waals surface area contributed by atoms with Gasteiger partial charge in [0, 0.05) is 25.7 Å². The summed E-state index contributed by atoms with van der Waals surface area (Å²) in [6.45, 7) is 8.61. The lowest BCUT2D eigenvalue weighted by Crippen LogP contribution is -2.47. The molecule has 1 aliphatic heterocycles. The summed E-state index contributed by atoms with van der Waals surface area (Å²) in [6.07, 6.45) is 7.79. The molecule has 7 heteroatoms. The number of morpholine rings is 1. The molecule has 1 fully saturated rings. The second-order valence-corrected chi connectivity index (χ2v) is 7.98. The molecule has 0 spiro atoms. The topological polar surface area (TPSA) is 76.8 Å². The number of halogens is 1. The predicted octanol–water partition coefficient (Wildman–Crippen LogP) is 4.11. The Bertz CT molecular complexity index is 642. The molecule has 3 N–H and O–H groups in total. The van der Waals surface area contributed by atoms with Gasteiger partial charge in [-0.3, -0.25) is 9.69 Å². The molecule has 6 nitrogen and oxygen atoms in total. The van der Waals surface area contributed by atoms with E-state index in [0.29, 0.717) is 41.8 Å². The van der Waals surface area contributed by atoms with Crippen LogP contribution >= 0.6 is 11.6 Å². The van der Waals surface area contributed by atoms with Gasteiger partial charge in [0.25, 0.3) is 5.91 Å². The Morgan fingerprint density at radius 1 is 1.28 bits per heavy atom. The van der Waals surface area contributed by atoms with Crippen molar-refractivity contribution < 1.29 is 14.3 Å². The van der Waals surface area contributed by atoms with Crippen LogP contribution in [0.25, 0.3) is 0 Å². The van der Waals surface area contributed by atoms with Gasteiger partial charge in [0.05, 0.1) is 35.6 Å². The molecule has 1 aromatic rings. The first-order valence-electron chi connectivity index (χ1n) is 10.9. The number of amides is 1. The summed E-state index contributed by atoms with van der Waals surface area (Å²) in [5.41, 5.74) is 6.62. The van der Waals surface area contributed by atoms with E-state index in [1.807, 2.05) is 6.92 Å². The van der Waals surface area contributed by atoms with Crippen LogP contribution in [0.4, 0.5) is 5.69 Å². The van der Waals surface area contributed by atoms with E-state index >= 15 is 0 Å². The first-order chi connectivity index (χ1) is 14.0. The molecule has 2 rings (SSSR count). The third-order valence-corrected chi connectivity index (χ3v) is 5.51. The van der Waals surface area contributed by atoms with Crippen molar-refractivity contribution in [1.29, 1.82) is 0 Å². The van der Waals surface area contributed by atoms with Crippen molar-refractivity contribution in [3.05, 3.63) is 22.7 Å². The molecule has 1 atom stereocenters. The average Bonchev–Trinajstić information content (AvgIpc) is 2.72. The van der Waals surface area contributed by atoms with Gasteiger partial charge >= 0.3 is 0 Å². The summed E-state index contributed by atoms with van der Waals surface area (Å²) < 4.78 is 11.4. The second kappa shape index (κ2) is 12.9. The lowest BCUT2D eigenvalue weighted by atomic mass is 10.1. The summed E-state index contributed by atoms with van der Waals surface area (Å²) in [7, 11) is 0. The number of rotatable bonds is 12. The molecule has 1 saturated heterocycles. The van der Waals surface area contributed by atoms with E-state index in [1.54, 1.807) is 12.1 Å². The number of hydrogen-bond donors (Lipinski definition) is 2. The Balaban J connectivity index is 1.79. The van der Waals surface area contributed by atoms with Crippen LogP contribution in [0.2, 0.25) is 5.02 Å². The Morgan fingerprint density at radius 3 is 2.79 bits per heavy atom. The standard InChI is InChI=1S/C22H36ClN3O3/c1-3-5-6-7-8-9-10-26-11-12-29-17(16-26)15-25-22(27)18-13-19(23)20(24)14-21(18)28-4-2/h13-14,17H,3-12,15-16,24H2,1-2H3,(H,25,27). The number of nitrogen functional groups attached to an aromatic ring is 1. The molecular formula is C22H36ClN3O3. The van der Waals surface area contributed by atoms with E-state index < -0.39 is 0 Å². The van der Waals surface area contributed by atoms with Gasteiger partial charge in [0.15, 0.2) is 0 Å². The summed E-state index contributed by atoms with van der Waals surface area (Å²) in [5.74, 6) is 0.216. The molecular weight excluding hydrogens is 390 g/mol. The fourth-order valence-electron chi connectivity index (χ4n) is 3.55. The van der Waals surface area contributed by atoms with Gasteiger partial charge in [0.1, 0.15) is 5.75 Å². The molecule has 1 aromatic carbocycles. The normalized spacial score (nSPS) is 17.3. The van der Waals surface area contributed by atoms with Crippen molar-refractivity contribution in [2.45, 2.75) is 58.5 Å². The fourth-order valence-corrected chi connectivity index (χ4v) is 3.71. The van der Waals surface area contributed by atoms with Crippen LogP contribution in [0.5, 0.6) is 5.75 Å². The van der Waals surface area contributed by atoms with Gasteiger partial charge in [-0.1, -0.05) is 50.6 Å². The number of nitrogens with zero attached hydrogens (tertiary/aromatic N) is 1. The average molecular weight is 426 g/mol. The number of carbonyl (C=O) groups excluding carboxylic acids is 1. The van der Waals surface area contributed by atoms with Gasteiger partial charge in [-0.05, 0) is 26.0 Å². The van der Waals surface area contributed by atoms with Gasteiger partial charge in [0.2, 0.25) is 0 Å².